The highest BCUT2D eigenvalue weighted by atomic mass is 32.2. The maximum atomic E-state index is 13.0. The number of carbonyl (C=O) groups is 1. The molecule has 28 heavy (non-hydrogen) atoms. The molecule has 0 unspecified atom stereocenters. The lowest BCUT2D eigenvalue weighted by atomic mass is 10.0. The minimum atomic E-state index is -3.44. The van der Waals surface area contributed by atoms with Crippen LogP contribution in [0, 0.1) is 5.92 Å². The Kier molecular flexibility index (Phi) is 5.76. The molecule has 1 atom stereocenters. The minimum absolute atomic E-state index is 0.219. The quantitative estimate of drug-likeness (QED) is 0.784. The number of fused-ring (bicyclic) bond motifs is 1. The van der Waals surface area contributed by atoms with Crippen LogP contribution in [0.15, 0.2) is 23.1 Å². The zero-order valence-corrected chi connectivity index (χ0v) is 17.6. The third-order valence-electron chi connectivity index (χ3n) is 6.55. The van der Waals surface area contributed by atoms with E-state index in [-0.39, 0.29) is 5.91 Å². The Balaban J connectivity index is 1.34. The number of sulfonamides is 1. The number of hydrogen-bond donors (Lipinski definition) is 1. The highest BCUT2D eigenvalue weighted by Crippen LogP contribution is 2.26. The number of piperidine rings is 1. The van der Waals surface area contributed by atoms with E-state index >= 15 is 0 Å². The van der Waals surface area contributed by atoms with Gasteiger partial charge in [0.15, 0.2) is 6.54 Å². The number of rotatable bonds is 4. The molecule has 1 aromatic rings. The van der Waals surface area contributed by atoms with Crippen LogP contribution < -0.4 is 4.90 Å². The van der Waals surface area contributed by atoms with Crippen LogP contribution in [-0.2, 0) is 27.7 Å². The number of piperazine rings is 1. The van der Waals surface area contributed by atoms with Crippen molar-refractivity contribution in [1.82, 2.24) is 9.21 Å². The molecule has 0 spiro atoms. The predicted molar refractivity (Wildman–Crippen MR) is 108 cm³/mol. The van der Waals surface area contributed by atoms with Gasteiger partial charge < -0.3 is 9.80 Å². The fourth-order valence-electron chi connectivity index (χ4n) is 4.82. The topological polar surface area (TPSA) is 62.1 Å². The van der Waals surface area contributed by atoms with Gasteiger partial charge in [0, 0.05) is 13.1 Å². The summed E-state index contributed by atoms with van der Waals surface area (Å²) in [6, 6.07) is 5.62. The van der Waals surface area contributed by atoms with Crippen LogP contribution in [-0.4, -0.2) is 69.3 Å². The molecule has 1 aliphatic carbocycles. The zero-order chi connectivity index (χ0) is 19.7. The van der Waals surface area contributed by atoms with Crippen LogP contribution in [0.3, 0.4) is 0 Å². The zero-order valence-electron chi connectivity index (χ0n) is 16.8. The number of nitrogens with one attached hydrogen (secondary N) is 1. The SMILES string of the molecule is C[C@@H]1CCCN(C(=O)C[NH+]2CCN(S(=O)(=O)c3ccc4c(c3)CCC4)CC2)C1. The van der Waals surface area contributed by atoms with E-state index in [0.29, 0.717) is 43.5 Å². The Hall–Kier alpha value is -1.44. The van der Waals surface area contributed by atoms with E-state index in [1.165, 1.54) is 22.4 Å². The molecule has 1 amide bonds. The highest BCUT2D eigenvalue weighted by molar-refractivity contribution is 7.89. The fraction of sp³-hybridized carbons (Fsp3) is 0.667. The summed E-state index contributed by atoms with van der Waals surface area (Å²) < 4.78 is 27.7. The summed E-state index contributed by atoms with van der Waals surface area (Å²) in [4.78, 5) is 16.2. The van der Waals surface area contributed by atoms with Gasteiger partial charge in [0.05, 0.1) is 31.1 Å². The van der Waals surface area contributed by atoms with Crippen molar-refractivity contribution in [3.63, 3.8) is 0 Å². The van der Waals surface area contributed by atoms with Crippen molar-refractivity contribution in [3.05, 3.63) is 29.3 Å². The maximum Gasteiger partial charge on any atom is 0.277 e. The van der Waals surface area contributed by atoms with E-state index in [9.17, 15) is 13.2 Å². The molecule has 0 aromatic heterocycles. The standard InChI is InChI=1S/C21H31N3O3S/c1-17-4-3-9-23(15-17)21(25)16-22-10-12-24(13-11-22)28(26,27)20-8-7-18-5-2-6-19(18)14-20/h7-8,14,17H,2-6,9-13,15-16H2,1H3/p+1/t17-/m1/s1. The number of benzene rings is 1. The molecule has 7 heteroatoms. The second-order valence-corrected chi connectivity index (χ2v) is 10.6. The molecule has 1 aromatic carbocycles. The number of carbonyl (C=O) groups excluding carboxylic acids is 1. The molecule has 1 N–H and O–H groups in total. The Bertz CT molecular complexity index is 831. The van der Waals surface area contributed by atoms with Crippen molar-refractivity contribution < 1.29 is 18.1 Å². The second kappa shape index (κ2) is 8.13. The third-order valence-corrected chi connectivity index (χ3v) is 8.44. The van der Waals surface area contributed by atoms with Gasteiger partial charge in [-0.2, -0.15) is 4.31 Å². The number of amides is 1. The molecule has 2 heterocycles. The summed E-state index contributed by atoms with van der Waals surface area (Å²) in [5, 5.41) is 0. The summed E-state index contributed by atoms with van der Waals surface area (Å²) in [5.74, 6) is 0.804. The number of likely N-dealkylation sites (tertiary alicyclic amines) is 1. The van der Waals surface area contributed by atoms with Crippen LogP contribution in [0.1, 0.15) is 37.3 Å². The van der Waals surface area contributed by atoms with E-state index in [2.05, 4.69) is 6.92 Å². The first-order chi connectivity index (χ1) is 13.4. The smallest absolute Gasteiger partial charge is 0.277 e. The summed E-state index contributed by atoms with van der Waals surface area (Å²) in [6.07, 6.45) is 5.45. The summed E-state index contributed by atoms with van der Waals surface area (Å²) >= 11 is 0. The highest BCUT2D eigenvalue weighted by Gasteiger charge is 2.33. The van der Waals surface area contributed by atoms with Crippen LogP contribution >= 0.6 is 0 Å². The third kappa shape index (κ3) is 4.11. The molecule has 0 radical (unpaired) electrons. The molecule has 0 bridgehead atoms. The van der Waals surface area contributed by atoms with Gasteiger partial charge in [-0.15, -0.1) is 0 Å². The number of nitrogens with zero attached hydrogens (tertiary/aromatic N) is 2. The number of hydrogen-bond acceptors (Lipinski definition) is 3. The van der Waals surface area contributed by atoms with Gasteiger partial charge in [0.2, 0.25) is 10.0 Å². The summed E-state index contributed by atoms with van der Waals surface area (Å²) in [6.45, 7) is 6.78. The molecule has 6 nitrogen and oxygen atoms in total. The number of aryl methyl sites for hydroxylation is 2. The maximum absolute atomic E-state index is 13.0. The van der Waals surface area contributed by atoms with E-state index in [4.69, 9.17) is 0 Å². The molecular weight excluding hydrogens is 374 g/mol. The van der Waals surface area contributed by atoms with Crippen molar-refractivity contribution in [2.24, 2.45) is 5.92 Å². The van der Waals surface area contributed by atoms with Gasteiger partial charge in [-0.1, -0.05) is 13.0 Å². The van der Waals surface area contributed by atoms with Gasteiger partial charge in [-0.25, -0.2) is 8.42 Å². The predicted octanol–water partition coefficient (Wildman–Crippen LogP) is 0.323. The Morgan fingerprint density at radius 1 is 1.11 bits per heavy atom. The molecular formula is C21H32N3O3S+. The molecule has 3 aliphatic rings. The van der Waals surface area contributed by atoms with Gasteiger partial charge >= 0.3 is 0 Å². The molecule has 0 saturated carbocycles. The fourth-order valence-corrected chi connectivity index (χ4v) is 6.31. The van der Waals surface area contributed by atoms with Crippen molar-refractivity contribution in [2.45, 2.75) is 43.9 Å². The molecule has 2 aliphatic heterocycles. The second-order valence-electron chi connectivity index (χ2n) is 8.70. The van der Waals surface area contributed by atoms with Crippen molar-refractivity contribution >= 4 is 15.9 Å². The van der Waals surface area contributed by atoms with Crippen LogP contribution in [0.25, 0.3) is 0 Å². The molecule has 2 fully saturated rings. The van der Waals surface area contributed by atoms with Crippen LogP contribution in [0.2, 0.25) is 0 Å². The first kappa shape index (κ1) is 19.9. The van der Waals surface area contributed by atoms with Crippen molar-refractivity contribution in [3.8, 4) is 0 Å². The lowest BCUT2D eigenvalue weighted by Gasteiger charge is -2.34. The van der Waals surface area contributed by atoms with Gasteiger partial charge in [-0.3, -0.25) is 4.79 Å². The average molecular weight is 407 g/mol. The first-order valence-corrected chi connectivity index (χ1v) is 12.1. The monoisotopic (exact) mass is 406 g/mol. The normalized spacial score (nSPS) is 24.3. The van der Waals surface area contributed by atoms with Crippen molar-refractivity contribution in [1.29, 1.82) is 0 Å². The van der Waals surface area contributed by atoms with Crippen LogP contribution in [0.5, 0.6) is 0 Å². The Morgan fingerprint density at radius 3 is 2.61 bits per heavy atom. The van der Waals surface area contributed by atoms with Gasteiger partial charge in [0.1, 0.15) is 0 Å². The van der Waals surface area contributed by atoms with E-state index in [0.717, 1.165) is 38.8 Å². The Labute approximate surface area is 168 Å². The van der Waals surface area contributed by atoms with Crippen molar-refractivity contribution in [2.75, 3.05) is 45.8 Å². The lowest BCUT2D eigenvalue weighted by Crippen LogP contribution is -3.15. The molecule has 2 saturated heterocycles. The van der Waals surface area contributed by atoms with Crippen LogP contribution in [0.4, 0.5) is 0 Å². The first-order valence-electron chi connectivity index (χ1n) is 10.7. The van der Waals surface area contributed by atoms with E-state index < -0.39 is 10.0 Å². The van der Waals surface area contributed by atoms with E-state index in [1.807, 2.05) is 17.0 Å². The average Bonchev–Trinajstić information content (AvgIpc) is 3.16. The van der Waals surface area contributed by atoms with Gasteiger partial charge in [-0.05, 0) is 61.3 Å². The number of quaternary nitrogens is 1. The lowest BCUT2D eigenvalue weighted by molar-refractivity contribution is -0.896. The Morgan fingerprint density at radius 2 is 1.86 bits per heavy atom. The van der Waals surface area contributed by atoms with Gasteiger partial charge in [0.25, 0.3) is 5.91 Å². The van der Waals surface area contributed by atoms with E-state index in [1.54, 1.807) is 10.4 Å². The largest absolute Gasteiger partial charge is 0.338 e. The summed E-state index contributed by atoms with van der Waals surface area (Å²) in [7, 11) is -3.44. The molecule has 154 valence electrons. The summed E-state index contributed by atoms with van der Waals surface area (Å²) in [5.41, 5.74) is 2.48. The molecule has 4 rings (SSSR count). The minimum Gasteiger partial charge on any atom is -0.338 e.